The molecule has 0 aliphatic carbocycles. The molecule has 0 saturated carbocycles. The molecule has 0 aromatic carbocycles. The first kappa shape index (κ1) is 11.6. The third-order valence-corrected chi connectivity index (χ3v) is 4.38. The number of halogens is 1. The quantitative estimate of drug-likeness (QED) is 0.736. The van der Waals surface area contributed by atoms with Gasteiger partial charge in [0.05, 0.1) is 0 Å². The molecule has 1 aliphatic heterocycles. The van der Waals surface area contributed by atoms with E-state index in [4.69, 9.17) is 0 Å². The Morgan fingerprint density at radius 2 is 2.38 bits per heavy atom. The summed E-state index contributed by atoms with van der Waals surface area (Å²) in [5, 5.41) is 4.14. The van der Waals surface area contributed by atoms with E-state index in [9.17, 15) is 4.79 Å². The number of carbonyl (C=O) groups excluding carboxylic acids is 1. The van der Waals surface area contributed by atoms with Gasteiger partial charge in [-0.25, -0.2) is 0 Å². The second kappa shape index (κ2) is 4.57. The highest BCUT2D eigenvalue weighted by atomic mass is 79.9. The Morgan fingerprint density at radius 3 is 2.94 bits per heavy atom. The van der Waals surface area contributed by atoms with Gasteiger partial charge in [-0.2, -0.15) is 5.10 Å². The van der Waals surface area contributed by atoms with Gasteiger partial charge >= 0.3 is 0 Å². The van der Waals surface area contributed by atoms with Crippen LogP contribution in [0.3, 0.4) is 0 Å². The lowest BCUT2D eigenvalue weighted by atomic mass is 10.00. The van der Waals surface area contributed by atoms with E-state index in [0.717, 1.165) is 19.5 Å². The number of rotatable bonds is 1. The molecule has 1 saturated heterocycles. The number of piperidine rings is 1. The maximum atomic E-state index is 12.1. The number of aromatic nitrogens is 2. The standard InChI is InChI=1S/C11H16BrN3O/c1-8-7-15(6-3-9(8)12)11(16)10-4-5-14(2)13-10/h4-5,8-9H,3,6-7H2,1-2H3. The fraction of sp³-hybridized carbons (Fsp3) is 0.636. The van der Waals surface area contributed by atoms with Crippen molar-refractivity contribution in [3.63, 3.8) is 0 Å². The Morgan fingerprint density at radius 1 is 1.62 bits per heavy atom. The minimum absolute atomic E-state index is 0.0480. The van der Waals surface area contributed by atoms with Gasteiger partial charge in [0.1, 0.15) is 5.69 Å². The summed E-state index contributed by atoms with van der Waals surface area (Å²) < 4.78 is 1.66. The van der Waals surface area contributed by atoms with Crippen molar-refractivity contribution in [2.75, 3.05) is 13.1 Å². The fourth-order valence-corrected chi connectivity index (χ4v) is 2.36. The zero-order chi connectivity index (χ0) is 11.7. The summed E-state index contributed by atoms with van der Waals surface area (Å²) in [5.41, 5.74) is 0.544. The van der Waals surface area contributed by atoms with Crippen LogP contribution in [0.2, 0.25) is 0 Å². The van der Waals surface area contributed by atoms with Crippen LogP contribution in [0.1, 0.15) is 23.8 Å². The Labute approximate surface area is 104 Å². The van der Waals surface area contributed by atoms with Gasteiger partial charge in [-0.15, -0.1) is 0 Å². The molecule has 0 bridgehead atoms. The molecule has 2 heterocycles. The number of aryl methyl sites for hydroxylation is 1. The van der Waals surface area contributed by atoms with Crippen molar-refractivity contribution in [1.82, 2.24) is 14.7 Å². The Bertz CT molecular complexity index is 390. The number of alkyl halides is 1. The highest BCUT2D eigenvalue weighted by Crippen LogP contribution is 2.24. The van der Waals surface area contributed by atoms with Crippen LogP contribution in [-0.2, 0) is 7.05 Å². The Hall–Kier alpha value is -0.840. The lowest BCUT2D eigenvalue weighted by Gasteiger charge is -2.33. The van der Waals surface area contributed by atoms with Gasteiger partial charge in [0.25, 0.3) is 5.91 Å². The molecule has 1 aliphatic rings. The lowest BCUT2D eigenvalue weighted by molar-refractivity contribution is 0.0683. The summed E-state index contributed by atoms with van der Waals surface area (Å²) in [6.45, 7) is 3.79. The molecule has 0 spiro atoms. The lowest BCUT2D eigenvalue weighted by Crippen LogP contribution is -2.43. The van der Waals surface area contributed by atoms with Gasteiger partial charge in [-0.3, -0.25) is 9.48 Å². The fourth-order valence-electron chi connectivity index (χ4n) is 1.99. The molecule has 2 atom stereocenters. The van der Waals surface area contributed by atoms with E-state index in [-0.39, 0.29) is 5.91 Å². The van der Waals surface area contributed by atoms with Gasteiger partial charge in [-0.1, -0.05) is 22.9 Å². The molecule has 88 valence electrons. The molecular weight excluding hydrogens is 270 g/mol. The van der Waals surface area contributed by atoms with Gasteiger partial charge in [0.15, 0.2) is 0 Å². The number of amides is 1. The molecule has 1 fully saturated rings. The van der Waals surface area contributed by atoms with E-state index in [1.807, 2.05) is 11.9 Å². The van der Waals surface area contributed by atoms with E-state index in [0.29, 0.717) is 16.4 Å². The molecule has 0 radical (unpaired) electrons. The molecule has 1 aromatic heterocycles. The number of carbonyl (C=O) groups is 1. The van der Waals surface area contributed by atoms with Crippen LogP contribution in [0, 0.1) is 5.92 Å². The molecular formula is C11H16BrN3O. The molecule has 1 amide bonds. The van der Waals surface area contributed by atoms with E-state index < -0.39 is 0 Å². The number of hydrogen-bond donors (Lipinski definition) is 0. The van der Waals surface area contributed by atoms with Crippen LogP contribution >= 0.6 is 15.9 Å². The zero-order valence-corrected chi connectivity index (χ0v) is 11.1. The topological polar surface area (TPSA) is 38.1 Å². The van der Waals surface area contributed by atoms with Gasteiger partial charge in [-0.05, 0) is 18.4 Å². The molecule has 2 unspecified atom stereocenters. The van der Waals surface area contributed by atoms with Crippen molar-refractivity contribution < 1.29 is 4.79 Å². The van der Waals surface area contributed by atoms with Crippen LogP contribution < -0.4 is 0 Å². The number of hydrogen-bond acceptors (Lipinski definition) is 2. The van der Waals surface area contributed by atoms with Crippen LogP contribution in [0.25, 0.3) is 0 Å². The van der Waals surface area contributed by atoms with Crippen molar-refractivity contribution in [1.29, 1.82) is 0 Å². The third kappa shape index (κ3) is 2.29. The van der Waals surface area contributed by atoms with Crippen LogP contribution in [0.5, 0.6) is 0 Å². The van der Waals surface area contributed by atoms with Crippen molar-refractivity contribution in [2.24, 2.45) is 13.0 Å². The van der Waals surface area contributed by atoms with Crippen LogP contribution in [0.4, 0.5) is 0 Å². The average molecular weight is 286 g/mol. The Balaban J connectivity index is 2.06. The summed E-state index contributed by atoms with van der Waals surface area (Å²) in [4.78, 5) is 14.5. The van der Waals surface area contributed by atoms with Crippen molar-refractivity contribution in [2.45, 2.75) is 18.2 Å². The second-order valence-electron chi connectivity index (χ2n) is 4.41. The average Bonchev–Trinajstić information content (AvgIpc) is 2.68. The highest BCUT2D eigenvalue weighted by molar-refractivity contribution is 9.09. The first-order valence-electron chi connectivity index (χ1n) is 5.51. The Kier molecular flexibility index (Phi) is 3.33. The van der Waals surface area contributed by atoms with E-state index in [1.54, 1.807) is 16.9 Å². The molecule has 5 heteroatoms. The van der Waals surface area contributed by atoms with Gasteiger partial charge in [0, 0.05) is 31.2 Å². The van der Waals surface area contributed by atoms with Crippen molar-refractivity contribution in [3.05, 3.63) is 18.0 Å². The van der Waals surface area contributed by atoms with Crippen molar-refractivity contribution >= 4 is 21.8 Å². The summed E-state index contributed by atoms with van der Waals surface area (Å²) in [6.07, 6.45) is 2.81. The summed E-state index contributed by atoms with van der Waals surface area (Å²) in [6, 6.07) is 1.77. The first-order chi connectivity index (χ1) is 7.58. The number of likely N-dealkylation sites (tertiary alicyclic amines) is 1. The zero-order valence-electron chi connectivity index (χ0n) is 9.56. The van der Waals surface area contributed by atoms with Crippen LogP contribution in [-0.4, -0.2) is 38.5 Å². The molecule has 2 rings (SSSR count). The third-order valence-electron chi connectivity index (χ3n) is 3.02. The smallest absolute Gasteiger partial charge is 0.274 e. The largest absolute Gasteiger partial charge is 0.337 e. The summed E-state index contributed by atoms with van der Waals surface area (Å²) >= 11 is 3.63. The van der Waals surface area contributed by atoms with Crippen molar-refractivity contribution in [3.8, 4) is 0 Å². The van der Waals surface area contributed by atoms with E-state index in [2.05, 4.69) is 28.0 Å². The summed E-state index contributed by atoms with van der Waals surface area (Å²) in [5.74, 6) is 0.549. The van der Waals surface area contributed by atoms with E-state index >= 15 is 0 Å². The SMILES string of the molecule is CC1CN(C(=O)c2ccn(C)n2)CCC1Br. The minimum atomic E-state index is 0.0480. The van der Waals surface area contributed by atoms with E-state index in [1.165, 1.54) is 0 Å². The predicted octanol–water partition coefficient (Wildman–Crippen LogP) is 1.67. The second-order valence-corrected chi connectivity index (χ2v) is 5.58. The minimum Gasteiger partial charge on any atom is -0.337 e. The monoisotopic (exact) mass is 285 g/mol. The summed E-state index contributed by atoms with van der Waals surface area (Å²) in [7, 11) is 1.82. The normalized spacial score (nSPS) is 25.8. The molecule has 16 heavy (non-hydrogen) atoms. The highest BCUT2D eigenvalue weighted by Gasteiger charge is 2.28. The van der Waals surface area contributed by atoms with Crippen LogP contribution in [0.15, 0.2) is 12.3 Å². The number of nitrogens with zero attached hydrogens (tertiary/aromatic N) is 3. The first-order valence-corrected chi connectivity index (χ1v) is 6.42. The maximum Gasteiger partial charge on any atom is 0.274 e. The predicted molar refractivity (Wildman–Crippen MR) is 65.6 cm³/mol. The van der Waals surface area contributed by atoms with Gasteiger partial charge < -0.3 is 4.90 Å². The molecule has 0 N–H and O–H groups in total. The molecule has 1 aromatic rings. The maximum absolute atomic E-state index is 12.1. The molecule has 4 nitrogen and oxygen atoms in total. The van der Waals surface area contributed by atoms with Gasteiger partial charge in [0.2, 0.25) is 0 Å².